The zero-order chi connectivity index (χ0) is 15.9. The summed E-state index contributed by atoms with van der Waals surface area (Å²) in [6, 6.07) is 11.4. The number of hydrogen-bond acceptors (Lipinski definition) is 4. The van der Waals surface area contributed by atoms with Gasteiger partial charge in [0.1, 0.15) is 4.90 Å². The molecule has 2 aromatic rings. The van der Waals surface area contributed by atoms with Crippen LogP contribution in [0, 0.1) is 0 Å². The molecule has 1 fully saturated rings. The van der Waals surface area contributed by atoms with E-state index in [1.54, 1.807) is 22.6 Å². The van der Waals surface area contributed by atoms with Crippen molar-refractivity contribution in [1.29, 1.82) is 0 Å². The van der Waals surface area contributed by atoms with E-state index in [0.717, 1.165) is 37.2 Å². The maximum Gasteiger partial charge on any atom is 0.265 e. The molecule has 2 aliphatic rings. The van der Waals surface area contributed by atoms with E-state index in [1.807, 2.05) is 24.3 Å². The van der Waals surface area contributed by atoms with Gasteiger partial charge < -0.3 is 0 Å². The van der Waals surface area contributed by atoms with Crippen LogP contribution in [0.4, 0.5) is 5.69 Å². The molecule has 3 heterocycles. The molecule has 5 nitrogen and oxygen atoms in total. The zero-order valence-corrected chi connectivity index (χ0v) is 13.6. The standard InChI is InChI=1S/C17H19N3O2S/c21-23(22,16-7-3-9-18-11-16)20-13-15-6-4-10-19(15)12-14-5-1-2-8-17(14)20/h1-3,5,7-9,11,15H,4,6,10,12-13H2/t15-/m1/s1. The second-order valence-corrected chi connectivity index (χ2v) is 7.98. The number of benzene rings is 1. The van der Waals surface area contributed by atoms with Gasteiger partial charge in [-0.25, -0.2) is 8.42 Å². The SMILES string of the molecule is O=S(=O)(c1cccnc1)N1C[C@H]2CCCN2Cc2ccccc21. The van der Waals surface area contributed by atoms with Crippen LogP contribution in [0.25, 0.3) is 0 Å². The van der Waals surface area contributed by atoms with Gasteiger partial charge in [0.05, 0.1) is 5.69 Å². The fraction of sp³-hybridized carbons (Fsp3) is 0.353. The van der Waals surface area contributed by atoms with Crippen molar-refractivity contribution < 1.29 is 8.42 Å². The van der Waals surface area contributed by atoms with Crippen molar-refractivity contribution in [1.82, 2.24) is 9.88 Å². The van der Waals surface area contributed by atoms with Gasteiger partial charge in [0.25, 0.3) is 10.0 Å². The molecule has 0 bridgehead atoms. The number of anilines is 1. The third kappa shape index (κ3) is 2.52. The molecule has 6 heteroatoms. The van der Waals surface area contributed by atoms with Gasteiger partial charge in [0.15, 0.2) is 0 Å². The average Bonchev–Trinajstić information content (AvgIpc) is 2.94. The first-order valence-electron chi connectivity index (χ1n) is 7.91. The topological polar surface area (TPSA) is 53.5 Å². The monoisotopic (exact) mass is 329 g/mol. The maximum absolute atomic E-state index is 13.2. The Morgan fingerprint density at radius 1 is 1.13 bits per heavy atom. The third-order valence-corrected chi connectivity index (χ3v) is 6.50. The lowest BCUT2D eigenvalue weighted by atomic mass is 10.2. The van der Waals surface area contributed by atoms with Crippen LogP contribution in [-0.2, 0) is 16.6 Å². The van der Waals surface area contributed by atoms with E-state index in [1.165, 1.54) is 6.20 Å². The fourth-order valence-corrected chi connectivity index (χ4v) is 5.07. The van der Waals surface area contributed by atoms with Gasteiger partial charge in [-0.15, -0.1) is 0 Å². The Balaban J connectivity index is 1.83. The molecule has 0 unspecified atom stereocenters. The third-order valence-electron chi connectivity index (χ3n) is 4.73. The summed E-state index contributed by atoms with van der Waals surface area (Å²) in [5.41, 5.74) is 1.87. The summed E-state index contributed by atoms with van der Waals surface area (Å²) in [4.78, 5) is 6.63. The summed E-state index contributed by atoms with van der Waals surface area (Å²) in [5, 5.41) is 0. The molecular weight excluding hydrogens is 310 g/mol. The Kier molecular flexibility index (Phi) is 3.58. The zero-order valence-electron chi connectivity index (χ0n) is 12.8. The number of nitrogens with zero attached hydrogens (tertiary/aromatic N) is 3. The van der Waals surface area contributed by atoms with Crippen molar-refractivity contribution >= 4 is 15.7 Å². The molecule has 0 saturated carbocycles. The van der Waals surface area contributed by atoms with E-state index in [0.29, 0.717) is 6.54 Å². The summed E-state index contributed by atoms with van der Waals surface area (Å²) < 4.78 is 27.9. The van der Waals surface area contributed by atoms with E-state index in [4.69, 9.17) is 0 Å². The molecule has 0 aliphatic carbocycles. The second-order valence-electron chi connectivity index (χ2n) is 6.12. The van der Waals surface area contributed by atoms with Crippen LogP contribution in [0.3, 0.4) is 0 Å². The van der Waals surface area contributed by atoms with Gasteiger partial charge in [-0.2, -0.15) is 0 Å². The summed E-state index contributed by atoms with van der Waals surface area (Å²) >= 11 is 0. The van der Waals surface area contributed by atoms with Crippen molar-refractivity contribution in [2.45, 2.75) is 30.3 Å². The number of fused-ring (bicyclic) bond motifs is 2. The van der Waals surface area contributed by atoms with Crippen molar-refractivity contribution in [2.24, 2.45) is 0 Å². The Morgan fingerprint density at radius 2 is 2.00 bits per heavy atom. The highest BCUT2D eigenvalue weighted by Crippen LogP contribution is 2.34. The lowest BCUT2D eigenvalue weighted by Crippen LogP contribution is -2.40. The first-order valence-corrected chi connectivity index (χ1v) is 9.35. The number of hydrogen-bond donors (Lipinski definition) is 0. The Morgan fingerprint density at radius 3 is 2.83 bits per heavy atom. The first-order chi connectivity index (χ1) is 11.2. The van der Waals surface area contributed by atoms with Crippen molar-refractivity contribution in [3.63, 3.8) is 0 Å². The summed E-state index contributed by atoms with van der Waals surface area (Å²) in [7, 11) is -3.59. The predicted molar refractivity (Wildman–Crippen MR) is 88.6 cm³/mol. The Hall–Kier alpha value is -1.92. The van der Waals surface area contributed by atoms with E-state index in [9.17, 15) is 8.42 Å². The lowest BCUT2D eigenvalue weighted by Gasteiger charge is -2.27. The smallest absolute Gasteiger partial charge is 0.265 e. The van der Waals surface area contributed by atoms with E-state index >= 15 is 0 Å². The van der Waals surface area contributed by atoms with Crippen LogP contribution in [0.5, 0.6) is 0 Å². The molecular formula is C17H19N3O2S. The number of sulfonamides is 1. The minimum Gasteiger partial charge on any atom is -0.294 e. The van der Waals surface area contributed by atoms with Gasteiger partial charge >= 0.3 is 0 Å². The van der Waals surface area contributed by atoms with Crippen LogP contribution in [-0.4, -0.2) is 37.4 Å². The van der Waals surface area contributed by atoms with Gasteiger partial charge in [-0.05, 0) is 43.1 Å². The molecule has 2 aliphatic heterocycles. The number of rotatable bonds is 2. The molecule has 1 saturated heterocycles. The lowest BCUT2D eigenvalue weighted by molar-refractivity contribution is 0.257. The minimum absolute atomic E-state index is 0.251. The van der Waals surface area contributed by atoms with Gasteiger partial charge in [0.2, 0.25) is 0 Å². The van der Waals surface area contributed by atoms with Crippen LogP contribution < -0.4 is 4.31 Å². The van der Waals surface area contributed by atoms with E-state index in [2.05, 4.69) is 9.88 Å². The number of para-hydroxylation sites is 1. The van der Waals surface area contributed by atoms with Crippen LogP contribution >= 0.6 is 0 Å². The minimum atomic E-state index is -3.59. The molecule has 0 spiro atoms. The van der Waals surface area contributed by atoms with Crippen molar-refractivity contribution in [3.8, 4) is 0 Å². The molecule has 0 N–H and O–H groups in total. The Labute approximate surface area is 136 Å². The summed E-state index contributed by atoms with van der Waals surface area (Å²) in [6.07, 6.45) is 5.20. The highest BCUT2D eigenvalue weighted by atomic mass is 32.2. The predicted octanol–water partition coefficient (Wildman–Crippen LogP) is 2.25. The van der Waals surface area contributed by atoms with Gasteiger partial charge in [0, 0.05) is 31.5 Å². The molecule has 120 valence electrons. The molecule has 1 aromatic carbocycles. The van der Waals surface area contributed by atoms with E-state index < -0.39 is 10.0 Å². The van der Waals surface area contributed by atoms with E-state index in [-0.39, 0.29) is 10.9 Å². The molecule has 1 atom stereocenters. The molecule has 0 radical (unpaired) electrons. The number of pyridine rings is 1. The fourth-order valence-electron chi connectivity index (χ4n) is 3.56. The normalized spacial score (nSPS) is 21.6. The first kappa shape index (κ1) is 14.7. The maximum atomic E-state index is 13.2. The molecule has 1 aromatic heterocycles. The molecule has 23 heavy (non-hydrogen) atoms. The number of aromatic nitrogens is 1. The largest absolute Gasteiger partial charge is 0.294 e. The Bertz CT molecular complexity index is 808. The van der Waals surface area contributed by atoms with Crippen molar-refractivity contribution in [2.75, 3.05) is 17.4 Å². The second kappa shape index (κ2) is 5.62. The summed E-state index contributed by atoms with van der Waals surface area (Å²) in [5.74, 6) is 0. The highest BCUT2D eigenvalue weighted by molar-refractivity contribution is 7.92. The molecule has 4 rings (SSSR count). The van der Waals surface area contributed by atoms with Gasteiger partial charge in [-0.3, -0.25) is 14.2 Å². The highest BCUT2D eigenvalue weighted by Gasteiger charge is 2.36. The van der Waals surface area contributed by atoms with Crippen molar-refractivity contribution in [3.05, 3.63) is 54.4 Å². The summed E-state index contributed by atoms with van der Waals surface area (Å²) in [6.45, 7) is 2.37. The average molecular weight is 329 g/mol. The van der Waals surface area contributed by atoms with Gasteiger partial charge in [-0.1, -0.05) is 18.2 Å². The molecule has 0 amide bonds. The van der Waals surface area contributed by atoms with Crippen LogP contribution in [0.2, 0.25) is 0 Å². The van der Waals surface area contributed by atoms with Crippen LogP contribution in [0.1, 0.15) is 18.4 Å². The van der Waals surface area contributed by atoms with Crippen LogP contribution in [0.15, 0.2) is 53.7 Å². The quantitative estimate of drug-likeness (QED) is 0.848.